The number of nitrogens with zero attached hydrogens (tertiary/aromatic N) is 2. The van der Waals surface area contributed by atoms with Gasteiger partial charge in [0.15, 0.2) is 5.96 Å². The molecule has 1 unspecified atom stereocenters. The van der Waals surface area contributed by atoms with Gasteiger partial charge in [-0.15, -0.1) is 24.0 Å². The molecule has 0 heterocycles. The smallest absolute Gasteiger partial charge is 0.191 e. The van der Waals surface area contributed by atoms with Gasteiger partial charge in [-0.3, -0.25) is 4.99 Å². The minimum atomic E-state index is -0.205. The fourth-order valence-corrected chi connectivity index (χ4v) is 2.21. The molecule has 1 aromatic carbocycles. The van der Waals surface area contributed by atoms with Gasteiger partial charge >= 0.3 is 0 Å². The molecule has 0 fully saturated rings. The number of rotatable bonds is 7. The van der Waals surface area contributed by atoms with Crippen molar-refractivity contribution in [1.82, 2.24) is 15.5 Å². The van der Waals surface area contributed by atoms with Crippen LogP contribution in [0.5, 0.6) is 0 Å². The van der Waals surface area contributed by atoms with E-state index in [1.807, 2.05) is 20.2 Å². The molecule has 0 amide bonds. The van der Waals surface area contributed by atoms with E-state index in [1.165, 1.54) is 6.07 Å². The molecule has 2 N–H and O–H groups in total. The van der Waals surface area contributed by atoms with Crippen LogP contribution in [0.3, 0.4) is 0 Å². The summed E-state index contributed by atoms with van der Waals surface area (Å²) < 4.78 is 13.4. The zero-order chi connectivity index (χ0) is 16.5. The van der Waals surface area contributed by atoms with Crippen molar-refractivity contribution >= 4 is 29.9 Å². The van der Waals surface area contributed by atoms with Gasteiger partial charge < -0.3 is 15.5 Å². The Kier molecular flexibility index (Phi) is 11.2. The minimum absolute atomic E-state index is 0. The minimum Gasteiger partial charge on any atom is -0.356 e. The molecular formula is C17H30FIN4. The first-order valence-corrected chi connectivity index (χ1v) is 7.80. The van der Waals surface area contributed by atoms with E-state index < -0.39 is 0 Å². The second-order valence-corrected chi connectivity index (χ2v) is 6.10. The molecule has 132 valence electrons. The molecule has 6 heteroatoms. The molecule has 0 saturated carbocycles. The summed E-state index contributed by atoms with van der Waals surface area (Å²) in [5.41, 5.74) is 0.954. The Morgan fingerprint density at radius 2 is 1.96 bits per heavy atom. The average molecular weight is 436 g/mol. The van der Waals surface area contributed by atoms with Crippen molar-refractivity contribution in [2.75, 3.05) is 34.2 Å². The normalized spacial score (nSPS) is 13.0. The Balaban J connectivity index is 0.00000484. The molecule has 1 rings (SSSR count). The Morgan fingerprint density at radius 3 is 2.48 bits per heavy atom. The molecule has 0 bridgehead atoms. The van der Waals surface area contributed by atoms with Crippen LogP contribution in [0.4, 0.5) is 4.39 Å². The Morgan fingerprint density at radius 1 is 1.26 bits per heavy atom. The molecule has 1 aromatic rings. The average Bonchev–Trinajstić information content (AvgIpc) is 2.45. The quantitative estimate of drug-likeness (QED) is 0.392. The maximum atomic E-state index is 13.4. The third-order valence-electron chi connectivity index (χ3n) is 3.56. The first kappa shape index (κ1) is 22.1. The third-order valence-corrected chi connectivity index (χ3v) is 3.56. The highest BCUT2D eigenvalue weighted by Crippen LogP contribution is 2.18. The summed E-state index contributed by atoms with van der Waals surface area (Å²) in [4.78, 5) is 6.30. The van der Waals surface area contributed by atoms with Crippen molar-refractivity contribution in [3.8, 4) is 0 Å². The number of guanidine groups is 1. The van der Waals surface area contributed by atoms with Crippen LogP contribution >= 0.6 is 24.0 Å². The van der Waals surface area contributed by atoms with Gasteiger partial charge in [0.1, 0.15) is 5.82 Å². The molecular weight excluding hydrogens is 406 g/mol. The van der Waals surface area contributed by atoms with E-state index in [2.05, 4.69) is 34.4 Å². The second kappa shape index (κ2) is 11.6. The van der Waals surface area contributed by atoms with E-state index in [9.17, 15) is 4.39 Å². The maximum absolute atomic E-state index is 13.4. The van der Waals surface area contributed by atoms with E-state index in [-0.39, 0.29) is 35.8 Å². The van der Waals surface area contributed by atoms with Crippen LogP contribution in [0.25, 0.3) is 0 Å². The van der Waals surface area contributed by atoms with Crippen molar-refractivity contribution in [2.45, 2.75) is 26.3 Å². The molecule has 0 spiro atoms. The summed E-state index contributed by atoms with van der Waals surface area (Å²) in [5, 5.41) is 6.62. The fourth-order valence-electron chi connectivity index (χ4n) is 2.21. The molecule has 0 aromatic heterocycles. The van der Waals surface area contributed by atoms with Gasteiger partial charge in [0, 0.05) is 20.1 Å². The zero-order valence-corrected chi connectivity index (χ0v) is 17.1. The van der Waals surface area contributed by atoms with Crippen LogP contribution in [0, 0.1) is 11.7 Å². The number of nitrogens with one attached hydrogen (secondary N) is 2. The third kappa shape index (κ3) is 8.50. The summed E-state index contributed by atoms with van der Waals surface area (Å²) in [7, 11) is 5.75. The van der Waals surface area contributed by atoms with Crippen LogP contribution in [0.2, 0.25) is 0 Å². The topological polar surface area (TPSA) is 39.7 Å². The lowest BCUT2D eigenvalue weighted by Gasteiger charge is -2.26. The van der Waals surface area contributed by atoms with Crippen LogP contribution in [0.15, 0.2) is 29.3 Å². The van der Waals surface area contributed by atoms with E-state index in [1.54, 1.807) is 19.2 Å². The lowest BCUT2D eigenvalue weighted by molar-refractivity contribution is 0.297. The van der Waals surface area contributed by atoms with Gasteiger partial charge in [0.05, 0.1) is 6.04 Å². The molecule has 0 aliphatic rings. The highest BCUT2D eigenvalue weighted by molar-refractivity contribution is 14.0. The summed E-state index contributed by atoms with van der Waals surface area (Å²) in [6.07, 6.45) is 1.10. The van der Waals surface area contributed by atoms with Crippen molar-refractivity contribution in [3.63, 3.8) is 0 Å². The summed E-state index contributed by atoms with van der Waals surface area (Å²) >= 11 is 0. The highest BCUT2D eigenvalue weighted by Gasteiger charge is 2.15. The molecule has 0 saturated heterocycles. The lowest BCUT2D eigenvalue weighted by atomic mass is 10.1. The molecule has 23 heavy (non-hydrogen) atoms. The summed E-state index contributed by atoms with van der Waals surface area (Å²) in [6.45, 7) is 5.95. The molecule has 4 nitrogen and oxygen atoms in total. The number of benzene rings is 1. The molecule has 1 atom stereocenters. The largest absolute Gasteiger partial charge is 0.356 e. The summed E-state index contributed by atoms with van der Waals surface area (Å²) in [5.74, 6) is 1.24. The lowest BCUT2D eigenvalue weighted by Crippen LogP contribution is -2.42. The number of aliphatic imine (C=N–C) groups is 1. The molecule has 0 aliphatic carbocycles. The van der Waals surface area contributed by atoms with E-state index in [0.29, 0.717) is 12.5 Å². The van der Waals surface area contributed by atoms with E-state index >= 15 is 0 Å². The number of hydrogen-bond donors (Lipinski definition) is 2. The number of likely N-dealkylation sites (N-methyl/N-ethyl adjacent to an activating group) is 1. The van der Waals surface area contributed by atoms with E-state index in [0.717, 1.165) is 24.5 Å². The number of hydrogen-bond acceptors (Lipinski definition) is 2. The highest BCUT2D eigenvalue weighted by atomic mass is 127. The Bertz CT molecular complexity index is 477. The van der Waals surface area contributed by atoms with Crippen LogP contribution in [0.1, 0.15) is 31.9 Å². The van der Waals surface area contributed by atoms with Gasteiger partial charge in [-0.1, -0.05) is 26.0 Å². The Labute approximate surface area is 157 Å². The number of halogens is 2. The standard InChI is InChI=1S/C17H29FN4.HI/c1-13(2)9-10-20-17(19-3)21-12-16(22(4)5)14-7-6-8-15(18)11-14;/h6-8,11,13,16H,9-10,12H2,1-5H3,(H2,19,20,21);1H. The SMILES string of the molecule is CN=C(NCCC(C)C)NCC(c1cccc(F)c1)N(C)C.I. The zero-order valence-electron chi connectivity index (χ0n) is 14.8. The Hall–Kier alpha value is -0.890. The molecule has 0 aliphatic heterocycles. The van der Waals surface area contributed by atoms with Crippen molar-refractivity contribution in [1.29, 1.82) is 0 Å². The fraction of sp³-hybridized carbons (Fsp3) is 0.588. The second-order valence-electron chi connectivity index (χ2n) is 6.10. The van der Waals surface area contributed by atoms with Crippen molar-refractivity contribution < 1.29 is 4.39 Å². The van der Waals surface area contributed by atoms with Gasteiger partial charge in [-0.2, -0.15) is 0 Å². The van der Waals surface area contributed by atoms with Gasteiger partial charge in [0.25, 0.3) is 0 Å². The van der Waals surface area contributed by atoms with Crippen LogP contribution < -0.4 is 10.6 Å². The van der Waals surface area contributed by atoms with Crippen molar-refractivity contribution in [3.05, 3.63) is 35.6 Å². The first-order valence-electron chi connectivity index (χ1n) is 7.80. The van der Waals surface area contributed by atoms with Crippen LogP contribution in [-0.2, 0) is 0 Å². The monoisotopic (exact) mass is 436 g/mol. The maximum Gasteiger partial charge on any atom is 0.191 e. The van der Waals surface area contributed by atoms with E-state index in [4.69, 9.17) is 0 Å². The van der Waals surface area contributed by atoms with Gasteiger partial charge in [0.2, 0.25) is 0 Å². The van der Waals surface area contributed by atoms with Crippen molar-refractivity contribution in [2.24, 2.45) is 10.9 Å². The first-order chi connectivity index (χ1) is 10.4. The summed E-state index contributed by atoms with van der Waals surface area (Å²) in [6, 6.07) is 6.83. The molecule has 0 radical (unpaired) electrons. The predicted molar refractivity (Wildman–Crippen MR) is 107 cm³/mol. The van der Waals surface area contributed by atoms with Crippen LogP contribution in [-0.4, -0.2) is 45.1 Å². The van der Waals surface area contributed by atoms with Gasteiger partial charge in [-0.25, -0.2) is 4.39 Å². The predicted octanol–water partition coefficient (Wildman–Crippen LogP) is 3.26. The van der Waals surface area contributed by atoms with Gasteiger partial charge in [-0.05, 0) is 44.1 Å².